The molecule has 0 spiro atoms. The molecule has 0 saturated heterocycles. The smallest absolute Gasteiger partial charge is 0.325 e. The van der Waals surface area contributed by atoms with Crippen LogP contribution in [0.5, 0.6) is 0 Å². The van der Waals surface area contributed by atoms with Gasteiger partial charge in [-0.3, -0.25) is 9.69 Å². The van der Waals surface area contributed by atoms with Crippen molar-refractivity contribution >= 4 is 11.9 Å². The Morgan fingerprint density at radius 2 is 1.70 bits per heavy atom. The highest BCUT2D eigenvalue weighted by molar-refractivity contribution is 6.02. The summed E-state index contributed by atoms with van der Waals surface area (Å²) < 4.78 is 0. The van der Waals surface area contributed by atoms with Crippen LogP contribution in [0.3, 0.4) is 0 Å². The lowest BCUT2D eigenvalue weighted by molar-refractivity contribution is -0.135. The summed E-state index contributed by atoms with van der Waals surface area (Å²) in [5.41, 5.74) is 1.50. The Bertz CT molecular complexity index is 1140. The number of fused-ring (bicyclic) bond motifs is 5. The zero-order chi connectivity index (χ0) is 25.8. The van der Waals surface area contributed by atoms with Crippen LogP contribution in [0.25, 0.3) is 0 Å². The first kappa shape index (κ1) is 24.7. The van der Waals surface area contributed by atoms with Crippen LogP contribution in [-0.2, 0) is 10.3 Å². The topological polar surface area (TPSA) is 73.2 Å². The SMILES string of the molecule is C[C@@]12CCC[C@H]1[C@@H]1CC[C@H]3N(C(=O)NC4(c5ccc(C#N)cc5)CCCCC4)C(=O)C=C[C@]3(C)[C@H]1CC2. The van der Waals surface area contributed by atoms with Gasteiger partial charge in [-0.25, -0.2) is 4.79 Å². The first-order chi connectivity index (χ1) is 17.8. The lowest BCUT2D eigenvalue weighted by Gasteiger charge is -2.59. The average molecular weight is 500 g/mol. The van der Waals surface area contributed by atoms with Crippen LogP contribution in [0.1, 0.15) is 102 Å². The van der Waals surface area contributed by atoms with Gasteiger partial charge in [-0.1, -0.05) is 57.7 Å². The third-order valence-electron chi connectivity index (χ3n) is 11.5. The molecule has 1 aliphatic heterocycles. The van der Waals surface area contributed by atoms with E-state index in [0.29, 0.717) is 22.8 Å². The van der Waals surface area contributed by atoms with Crippen molar-refractivity contribution in [2.75, 3.05) is 0 Å². The molecule has 0 aromatic heterocycles. The van der Waals surface area contributed by atoms with Crippen molar-refractivity contribution in [1.82, 2.24) is 10.2 Å². The van der Waals surface area contributed by atoms with Crippen molar-refractivity contribution in [1.29, 1.82) is 5.26 Å². The number of benzene rings is 1. The Balaban J connectivity index is 1.29. The maximum absolute atomic E-state index is 14.1. The number of carbonyl (C=O) groups is 2. The van der Waals surface area contributed by atoms with Gasteiger partial charge in [0, 0.05) is 11.5 Å². The van der Waals surface area contributed by atoms with Gasteiger partial charge in [-0.15, -0.1) is 0 Å². The van der Waals surface area contributed by atoms with Crippen molar-refractivity contribution in [3.05, 3.63) is 47.5 Å². The van der Waals surface area contributed by atoms with E-state index in [0.717, 1.165) is 56.4 Å². The van der Waals surface area contributed by atoms with Crippen molar-refractivity contribution in [2.45, 2.75) is 102 Å². The van der Waals surface area contributed by atoms with E-state index in [4.69, 9.17) is 0 Å². The number of rotatable bonds is 2. The Morgan fingerprint density at radius 1 is 0.946 bits per heavy atom. The maximum atomic E-state index is 14.1. The molecule has 6 atom stereocenters. The fraction of sp³-hybridized carbons (Fsp3) is 0.656. The number of hydrogen-bond acceptors (Lipinski definition) is 3. The second kappa shape index (κ2) is 9.00. The zero-order valence-electron chi connectivity index (χ0n) is 22.5. The van der Waals surface area contributed by atoms with Crippen LogP contribution < -0.4 is 5.32 Å². The van der Waals surface area contributed by atoms with Gasteiger partial charge in [0.25, 0.3) is 5.91 Å². The van der Waals surface area contributed by atoms with Crippen molar-refractivity contribution in [3.63, 3.8) is 0 Å². The predicted octanol–water partition coefficient (Wildman–Crippen LogP) is 6.83. The predicted molar refractivity (Wildman–Crippen MR) is 143 cm³/mol. The van der Waals surface area contributed by atoms with Gasteiger partial charge >= 0.3 is 6.03 Å². The molecule has 196 valence electrons. The van der Waals surface area contributed by atoms with Gasteiger partial charge in [-0.2, -0.15) is 5.26 Å². The molecule has 1 aromatic carbocycles. The monoisotopic (exact) mass is 499 g/mol. The Hall–Kier alpha value is -2.61. The molecule has 1 aromatic rings. The van der Waals surface area contributed by atoms with Gasteiger partial charge in [0.15, 0.2) is 0 Å². The van der Waals surface area contributed by atoms with Crippen LogP contribution in [0.2, 0.25) is 0 Å². The van der Waals surface area contributed by atoms with Crippen molar-refractivity contribution in [3.8, 4) is 6.07 Å². The second-order valence-corrected chi connectivity index (χ2v) is 13.2. The van der Waals surface area contributed by atoms with Crippen LogP contribution in [0.4, 0.5) is 4.79 Å². The van der Waals surface area contributed by atoms with Crippen molar-refractivity contribution in [2.24, 2.45) is 28.6 Å². The average Bonchev–Trinajstić information content (AvgIpc) is 3.31. The number of hydrogen-bond donors (Lipinski definition) is 1. The fourth-order valence-electron chi connectivity index (χ4n) is 9.50. The van der Waals surface area contributed by atoms with E-state index in [2.05, 4.69) is 31.3 Å². The molecule has 0 unspecified atom stereocenters. The number of nitrogens with zero attached hydrogens (tertiary/aromatic N) is 2. The third kappa shape index (κ3) is 3.85. The molecule has 6 rings (SSSR count). The van der Waals surface area contributed by atoms with E-state index in [1.807, 2.05) is 24.3 Å². The molecular weight excluding hydrogens is 458 g/mol. The summed E-state index contributed by atoms with van der Waals surface area (Å²) in [6, 6.07) is 9.52. The molecule has 1 heterocycles. The molecular formula is C32H41N3O2. The largest absolute Gasteiger partial charge is 0.328 e. The molecule has 4 saturated carbocycles. The lowest BCUT2D eigenvalue weighted by atomic mass is 9.48. The Kier molecular flexibility index (Phi) is 6.01. The summed E-state index contributed by atoms with van der Waals surface area (Å²) in [5, 5.41) is 12.7. The molecule has 0 radical (unpaired) electrons. The first-order valence-corrected chi connectivity index (χ1v) is 14.6. The van der Waals surface area contributed by atoms with Crippen LogP contribution in [-0.4, -0.2) is 22.9 Å². The highest BCUT2D eigenvalue weighted by atomic mass is 16.2. The fourth-order valence-corrected chi connectivity index (χ4v) is 9.50. The zero-order valence-corrected chi connectivity index (χ0v) is 22.5. The van der Waals surface area contributed by atoms with Crippen LogP contribution in [0, 0.1) is 39.9 Å². The number of nitriles is 1. The number of amides is 3. The van der Waals surface area contributed by atoms with Crippen LogP contribution in [0.15, 0.2) is 36.4 Å². The highest BCUT2D eigenvalue weighted by Crippen LogP contribution is 2.64. The summed E-state index contributed by atoms with van der Waals surface area (Å²) in [6.45, 7) is 4.84. The molecule has 4 fully saturated rings. The summed E-state index contributed by atoms with van der Waals surface area (Å²) in [7, 11) is 0. The minimum Gasteiger partial charge on any atom is -0.328 e. The second-order valence-electron chi connectivity index (χ2n) is 13.2. The lowest BCUT2D eigenvalue weighted by Crippen LogP contribution is -2.64. The summed E-state index contributed by atoms with van der Waals surface area (Å²) in [5.74, 6) is 1.85. The quantitative estimate of drug-likeness (QED) is 0.485. The highest BCUT2D eigenvalue weighted by Gasteiger charge is 2.59. The standard InChI is InChI=1S/C32H41N3O2/c1-30-16-6-7-25(30)24-12-13-27-31(2,26(24)14-19-30)20-15-28(36)35(27)29(37)34-32(17-4-3-5-18-32)23-10-8-22(21-33)9-11-23/h8-11,15,20,24-27H,3-7,12-14,16-19H2,1-2H3,(H,34,37)/t24-,25-,26-,27+,30-,31+/m0/s1. The van der Waals surface area contributed by atoms with E-state index in [-0.39, 0.29) is 23.4 Å². The summed E-state index contributed by atoms with van der Waals surface area (Å²) >= 11 is 0. The number of imide groups is 1. The molecule has 37 heavy (non-hydrogen) atoms. The van der Waals surface area contributed by atoms with Crippen molar-refractivity contribution < 1.29 is 9.59 Å². The molecule has 1 N–H and O–H groups in total. The van der Waals surface area contributed by atoms with Crippen LogP contribution >= 0.6 is 0 Å². The molecule has 5 heteroatoms. The van der Waals surface area contributed by atoms with Gasteiger partial charge in [0.1, 0.15) is 0 Å². The summed E-state index contributed by atoms with van der Waals surface area (Å²) in [4.78, 5) is 29.0. The van der Waals surface area contributed by atoms with Gasteiger partial charge < -0.3 is 5.32 Å². The number of nitrogens with one attached hydrogen (secondary N) is 1. The van der Waals surface area contributed by atoms with E-state index in [1.165, 1.54) is 32.1 Å². The third-order valence-corrected chi connectivity index (χ3v) is 11.5. The molecule has 0 bridgehead atoms. The number of urea groups is 1. The van der Waals surface area contributed by atoms with E-state index >= 15 is 0 Å². The van der Waals surface area contributed by atoms with E-state index < -0.39 is 5.54 Å². The molecule has 4 aliphatic carbocycles. The molecule has 5 aliphatic rings. The minimum absolute atomic E-state index is 0.0846. The number of carbonyl (C=O) groups excluding carboxylic acids is 2. The minimum atomic E-state index is -0.491. The summed E-state index contributed by atoms with van der Waals surface area (Å²) in [6.07, 6.45) is 17.4. The normalized spacial score (nSPS) is 38.2. The molecule has 5 nitrogen and oxygen atoms in total. The Morgan fingerprint density at radius 3 is 2.43 bits per heavy atom. The van der Waals surface area contributed by atoms with E-state index in [9.17, 15) is 14.9 Å². The van der Waals surface area contributed by atoms with Gasteiger partial charge in [0.05, 0.1) is 23.2 Å². The maximum Gasteiger partial charge on any atom is 0.325 e. The van der Waals surface area contributed by atoms with E-state index in [1.54, 1.807) is 11.0 Å². The van der Waals surface area contributed by atoms with Gasteiger partial charge in [0.2, 0.25) is 0 Å². The first-order valence-electron chi connectivity index (χ1n) is 14.6. The van der Waals surface area contributed by atoms with Gasteiger partial charge in [-0.05, 0) is 92.2 Å². The molecule has 3 amide bonds. The Labute approximate surface area is 221 Å².